The number of nitrogens with one attached hydrogen (secondary N) is 1. The molecule has 2 rings (SSSR count). The molecule has 0 saturated carbocycles. The van der Waals surface area contributed by atoms with E-state index in [1.165, 1.54) is 15.7 Å². The third-order valence-corrected chi connectivity index (χ3v) is 5.44. The fourth-order valence-electron chi connectivity index (χ4n) is 2.74. The van der Waals surface area contributed by atoms with Crippen LogP contribution >= 0.6 is 11.3 Å². The maximum absolute atomic E-state index is 5.00. The van der Waals surface area contributed by atoms with Gasteiger partial charge in [0.25, 0.3) is 0 Å². The molecule has 2 heterocycles. The van der Waals surface area contributed by atoms with Gasteiger partial charge in [0.1, 0.15) is 0 Å². The maximum atomic E-state index is 5.00. The van der Waals surface area contributed by atoms with E-state index in [4.69, 9.17) is 4.98 Å². The van der Waals surface area contributed by atoms with Gasteiger partial charge in [-0.1, -0.05) is 20.8 Å². The van der Waals surface area contributed by atoms with Crippen molar-refractivity contribution in [1.29, 1.82) is 0 Å². The zero-order chi connectivity index (χ0) is 15.8. The van der Waals surface area contributed by atoms with Crippen molar-refractivity contribution in [3.8, 4) is 0 Å². The van der Waals surface area contributed by atoms with Crippen LogP contribution in [0.15, 0.2) is 0 Å². The zero-order valence-electron chi connectivity index (χ0n) is 14.6. The number of rotatable bonds is 3. The van der Waals surface area contributed by atoms with Gasteiger partial charge in [-0.3, -0.25) is 4.90 Å². The number of likely N-dealkylation sites (N-methyl/N-ethyl adjacent to an activating group) is 1. The molecule has 0 atom stereocenters. The topological polar surface area (TPSA) is 31.4 Å². The number of thiazole rings is 1. The van der Waals surface area contributed by atoms with Crippen molar-refractivity contribution in [3.63, 3.8) is 0 Å². The van der Waals surface area contributed by atoms with Gasteiger partial charge in [-0.15, -0.1) is 11.3 Å². The molecule has 4 nitrogen and oxygen atoms in total. The third kappa shape index (κ3) is 3.58. The summed E-state index contributed by atoms with van der Waals surface area (Å²) in [5.41, 5.74) is 1.55. The normalized spacial score (nSPS) is 20.0. The second-order valence-electron chi connectivity index (χ2n) is 7.70. The van der Waals surface area contributed by atoms with Gasteiger partial charge in [0.15, 0.2) is 5.13 Å². The summed E-state index contributed by atoms with van der Waals surface area (Å²) in [5, 5.41) is 4.47. The van der Waals surface area contributed by atoms with Crippen molar-refractivity contribution in [3.05, 3.63) is 10.6 Å². The molecule has 1 aromatic rings. The van der Waals surface area contributed by atoms with Crippen molar-refractivity contribution in [2.45, 2.75) is 52.1 Å². The molecule has 1 aliphatic heterocycles. The molecule has 0 aliphatic carbocycles. The first-order chi connectivity index (χ1) is 9.65. The van der Waals surface area contributed by atoms with Crippen LogP contribution in [-0.2, 0) is 12.0 Å². The minimum atomic E-state index is 0.100. The van der Waals surface area contributed by atoms with Gasteiger partial charge in [0.2, 0.25) is 0 Å². The van der Waals surface area contributed by atoms with E-state index in [2.05, 4.69) is 56.8 Å². The standard InChI is InChI=1S/C16H30N4S/c1-15(2,3)13-12(10-17-6)21-14(18-13)20-9-8-19(7)16(4,5)11-20/h17H,8-11H2,1-7H3. The number of nitrogens with zero attached hydrogens (tertiary/aromatic N) is 3. The molecule has 5 heteroatoms. The second-order valence-corrected chi connectivity index (χ2v) is 8.77. The predicted octanol–water partition coefficient (Wildman–Crippen LogP) is 2.69. The smallest absolute Gasteiger partial charge is 0.185 e. The molecular weight excluding hydrogens is 280 g/mol. The molecule has 1 N–H and O–H groups in total. The first-order valence-electron chi connectivity index (χ1n) is 7.76. The van der Waals surface area contributed by atoms with E-state index < -0.39 is 0 Å². The number of hydrogen-bond acceptors (Lipinski definition) is 5. The van der Waals surface area contributed by atoms with E-state index in [-0.39, 0.29) is 11.0 Å². The Morgan fingerprint density at radius 1 is 1.29 bits per heavy atom. The van der Waals surface area contributed by atoms with Crippen LogP contribution in [0.1, 0.15) is 45.2 Å². The summed E-state index contributed by atoms with van der Waals surface area (Å²) < 4.78 is 0. The van der Waals surface area contributed by atoms with E-state index in [9.17, 15) is 0 Å². The van der Waals surface area contributed by atoms with Crippen LogP contribution in [0.25, 0.3) is 0 Å². The van der Waals surface area contributed by atoms with Crippen LogP contribution in [0, 0.1) is 0 Å². The maximum Gasteiger partial charge on any atom is 0.185 e. The van der Waals surface area contributed by atoms with Crippen LogP contribution in [0.3, 0.4) is 0 Å². The highest BCUT2D eigenvalue weighted by Gasteiger charge is 2.33. The predicted molar refractivity (Wildman–Crippen MR) is 92.5 cm³/mol. The zero-order valence-corrected chi connectivity index (χ0v) is 15.4. The number of anilines is 1. The molecule has 120 valence electrons. The van der Waals surface area contributed by atoms with Gasteiger partial charge in [-0.2, -0.15) is 0 Å². The molecule has 0 radical (unpaired) electrons. The fourth-order valence-corrected chi connectivity index (χ4v) is 4.05. The average Bonchev–Trinajstić information content (AvgIpc) is 2.77. The monoisotopic (exact) mass is 310 g/mol. The molecule has 0 spiro atoms. The highest BCUT2D eigenvalue weighted by molar-refractivity contribution is 7.15. The first kappa shape index (κ1) is 16.7. The quantitative estimate of drug-likeness (QED) is 0.930. The lowest BCUT2D eigenvalue weighted by Crippen LogP contribution is -2.57. The summed E-state index contributed by atoms with van der Waals surface area (Å²) >= 11 is 1.85. The van der Waals surface area contributed by atoms with E-state index in [0.29, 0.717) is 0 Å². The molecule has 0 bridgehead atoms. The van der Waals surface area contributed by atoms with Gasteiger partial charge < -0.3 is 10.2 Å². The molecule has 1 saturated heterocycles. The SMILES string of the molecule is CNCc1sc(N2CCN(C)C(C)(C)C2)nc1C(C)(C)C. The fraction of sp³-hybridized carbons (Fsp3) is 0.812. The largest absolute Gasteiger partial charge is 0.345 e. The van der Waals surface area contributed by atoms with Crippen LogP contribution in [0.4, 0.5) is 5.13 Å². The summed E-state index contributed by atoms with van der Waals surface area (Å²) in [6.07, 6.45) is 0. The molecule has 0 unspecified atom stereocenters. The molecule has 1 aliphatic rings. The van der Waals surface area contributed by atoms with Crippen molar-refractivity contribution in [2.75, 3.05) is 38.6 Å². The van der Waals surface area contributed by atoms with Crippen molar-refractivity contribution in [2.24, 2.45) is 0 Å². The van der Waals surface area contributed by atoms with Crippen molar-refractivity contribution >= 4 is 16.5 Å². The molecule has 21 heavy (non-hydrogen) atoms. The summed E-state index contributed by atoms with van der Waals surface area (Å²) in [7, 11) is 4.22. The molecular formula is C16H30N4S. The number of hydrogen-bond donors (Lipinski definition) is 1. The van der Waals surface area contributed by atoms with E-state index in [1.807, 2.05) is 18.4 Å². The van der Waals surface area contributed by atoms with Gasteiger partial charge in [-0.05, 0) is 27.9 Å². The lowest BCUT2D eigenvalue weighted by molar-refractivity contribution is 0.139. The molecule has 0 amide bonds. The Bertz CT molecular complexity index is 487. The number of piperazine rings is 1. The van der Waals surface area contributed by atoms with Crippen molar-refractivity contribution in [1.82, 2.24) is 15.2 Å². The Labute approximate surface area is 133 Å². The first-order valence-corrected chi connectivity index (χ1v) is 8.58. The minimum Gasteiger partial charge on any atom is -0.345 e. The van der Waals surface area contributed by atoms with Crippen LogP contribution in [-0.4, -0.2) is 49.2 Å². The Kier molecular flexibility index (Phi) is 4.66. The molecule has 1 aromatic heterocycles. The van der Waals surface area contributed by atoms with Gasteiger partial charge in [-0.25, -0.2) is 4.98 Å². The summed E-state index contributed by atoms with van der Waals surface area (Å²) in [5.74, 6) is 0. The average molecular weight is 311 g/mol. The Balaban J connectivity index is 2.29. The van der Waals surface area contributed by atoms with Crippen LogP contribution < -0.4 is 10.2 Å². The summed E-state index contributed by atoms with van der Waals surface area (Å²) in [6.45, 7) is 15.5. The Morgan fingerprint density at radius 2 is 1.95 bits per heavy atom. The summed E-state index contributed by atoms with van der Waals surface area (Å²) in [6, 6.07) is 0. The lowest BCUT2D eigenvalue weighted by atomic mass is 9.91. The molecule has 0 aromatic carbocycles. The summed E-state index contributed by atoms with van der Waals surface area (Å²) in [4.78, 5) is 11.3. The van der Waals surface area contributed by atoms with Gasteiger partial charge >= 0.3 is 0 Å². The van der Waals surface area contributed by atoms with E-state index >= 15 is 0 Å². The highest BCUT2D eigenvalue weighted by atomic mass is 32.1. The van der Waals surface area contributed by atoms with Gasteiger partial charge in [0.05, 0.1) is 5.69 Å². The second kappa shape index (κ2) is 5.86. The number of aromatic nitrogens is 1. The molecule has 1 fully saturated rings. The van der Waals surface area contributed by atoms with E-state index in [1.54, 1.807) is 0 Å². The van der Waals surface area contributed by atoms with Crippen molar-refractivity contribution < 1.29 is 0 Å². The minimum absolute atomic E-state index is 0.100. The highest BCUT2D eigenvalue weighted by Crippen LogP contribution is 2.35. The Hall–Kier alpha value is -0.650. The third-order valence-electron chi connectivity index (χ3n) is 4.32. The van der Waals surface area contributed by atoms with Crippen LogP contribution in [0.5, 0.6) is 0 Å². The Morgan fingerprint density at radius 3 is 2.48 bits per heavy atom. The van der Waals surface area contributed by atoms with Gasteiger partial charge in [0, 0.05) is 42.0 Å². The lowest BCUT2D eigenvalue weighted by Gasteiger charge is -2.45. The van der Waals surface area contributed by atoms with Crippen LogP contribution in [0.2, 0.25) is 0 Å². The van der Waals surface area contributed by atoms with E-state index in [0.717, 1.165) is 26.2 Å².